The lowest BCUT2D eigenvalue weighted by atomic mass is 10.1. The number of rotatable bonds is 4. The predicted molar refractivity (Wildman–Crippen MR) is 125 cm³/mol. The first-order valence-corrected chi connectivity index (χ1v) is 12.6. The van der Waals surface area contributed by atoms with Gasteiger partial charge in [0.2, 0.25) is 0 Å². The van der Waals surface area contributed by atoms with E-state index in [9.17, 15) is 13.2 Å². The van der Waals surface area contributed by atoms with E-state index < -0.39 is 9.84 Å². The van der Waals surface area contributed by atoms with Crippen molar-refractivity contribution in [2.24, 2.45) is 4.99 Å². The average Bonchev–Trinajstić information content (AvgIpc) is 3.14. The monoisotopic (exact) mass is 463 g/mol. The molecule has 4 rings (SSSR count). The fourth-order valence-electron chi connectivity index (χ4n) is 3.73. The molecule has 158 valence electrons. The van der Waals surface area contributed by atoms with Gasteiger partial charge in [0.15, 0.2) is 15.0 Å². The molecule has 0 bridgehead atoms. The van der Waals surface area contributed by atoms with Crippen LogP contribution in [0.2, 0.25) is 5.02 Å². The number of fused-ring (bicyclic) bond motifs is 1. The number of aliphatic imine (C=N–C) groups is 1. The van der Waals surface area contributed by atoms with Gasteiger partial charge < -0.3 is 9.80 Å². The van der Waals surface area contributed by atoms with Gasteiger partial charge in [0.05, 0.1) is 24.0 Å². The lowest BCUT2D eigenvalue weighted by Gasteiger charge is -2.25. The smallest absolute Gasteiger partial charge is 0.252 e. The number of carbonyl (C=O) groups is 1. The molecule has 2 aromatic rings. The number of halogens is 1. The zero-order chi connectivity index (χ0) is 21.5. The summed E-state index contributed by atoms with van der Waals surface area (Å²) in [7, 11) is 0.816. The number of benzene rings is 2. The van der Waals surface area contributed by atoms with Crippen molar-refractivity contribution in [1.82, 2.24) is 0 Å². The van der Waals surface area contributed by atoms with Crippen LogP contribution in [0.25, 0.3) is 0 Å². The first-order valence-electron chi connectivity index (χ1n) is 9.52. The minimum Gasteiger partial charge on any atom is -0.378 e. The largest absolute Gasteiger partial charge is 0.378 e. The lowest BCUT2D eigenvalue weighted by molar-refractivity contribution is -0.117. The first-order chi connectivity index (χ1) is 14.2. The number of nitrogens with zero attached hydrogens (tertiary/aromatic N) is 3. The second-order valence-corrected chi connectivity index (χ2v) is 11.4. The Labute approximate surface area is 185 Å². The third-order valence-corrected chi connectivity index (χ3v) is 8.81. The molecule has 0 unspecified atom stereocenters. The Morgan fingerprint density at radius 2 is 1.87 bits per heavy atom. The summed E-state index contributed by atoms with van der Waals surface area (Å²) in [6.45, 7) is 0. The summed E-state index contributed by atoms with van der Waals surface area (Å²) < 4.78 is 24.4. The van der Waals surface area contributed by atoms with Crippen molar-refractivity contribution < 1.29 is 13.2 Å². The summed E-state index contributed by atoms with van der Waals surface area (Å²) in [6.07, 6.45) is 0.102. The number of carbonyl (C=O) groups excluding carboxylic acids is 1. The molecule has 2 aliphatic heterocycles. The van der Waals surface area contributed by atoms with Gasteiger partial charge in [-0.1, -0.05) is 41.6 Å². The Balaban J connectivity index is 1.64. The van der Waals surface area contributed by atoms with Crippen molar-refractivity contribution in [1.29, 1.82) is 0 Å². The molecule has 30 heavy (non-hydrogen) atoms. The van der Waals surface area contributed by atoms with Crippen molar-refractivity contribution in [3.05, 3.63) is 59.1 Å². The van der Waals surface area contributed by atoms with Gasteiger partial charge in [0.25, 0.3) is 5.91 Å². The predicted octanol–water partition coefficient (Wildman–Crippen LogP) is 3.25. The van der Waals surface area contributed by atoms with E-state index >= 15 is 0 Å². The van der Waals surface area contributed by atoms with Crippen molar-refractivity contribution in [2.45, 2.75) is 17.7 Å². The summed E-state index contributed by atoms with van der Waals surface area (Å²) in [5, 5.41) is 0.953. The van der Waals surface area contributed by atoms with E-state index in [-0.39, 0.29) is 35.1 Å². The lowest BCUT2D eigenvalue weighted by Crippen LogP contribution is -2.37. The van der Waals surface area contributed by atoms with E-state index in [0.717, 1.165) is 16.9 Å². The highest BCUT2D eigenvalue weighted by Crippen LogP contribution is 2.41. The molecule has 0 aromatic heterocycles. The number of hydrogen-bond donors (Lipinski definition) is 0. The summed E-state index contributed by atoms with van der Waals surface area (Å²) in [6, 6.07) is 14.8. The molecule has 2 aromatic carbocycles. The number of anilines is 2. The highest BCUT2D eigenvalue weighted by atomic mass is 35.5. The zero-order valence-corrected chi connectivity index (χ0v) is 19.0. The van der Waals surface area contributed by atoms with E-state index in [4.69, 9.17) is 11.6 Å². The van der Waals surface area contributed by atoms with Crippen LogP contribution in [0, 0.1) is 0 Å². The second-order valence-electron chi connectivity index (χ2n) is 7.64. The van der Waals surface area contributed by atoms with Crippen LogP contribution < -0.4 is 9.80 Å². The molecule has 9 heteroatoms. The van der Waals surface area contributed by atoms with Crippen LogP contribution in [-0.4, -0.2) is 56.4 Å². The molecule has 2 aliphatic rings. The Hall–Kier alpha value is -2.03. The van der Waals surface area contributed by atoms with Crippen molar-refractivity contribution in [2.75, 3.05) is 35.4 Å². The SMILES string of the molecule is CN(C)c1ccc(N2C(=NC(=O)Cc3ccccc3Cl)S[C@@H]3CS(=O)(=O)C[C@@H]32)cc1. The van der Waals surface area contributed by atoms with Gasteiger partial charge in [-0.05, 0) is 35.9 Å². The molecule has 0 radical (unpaired) electrons. The summed E-state index contributed by atoms with van der Waals surface area (Å²) in [5.74, 6) is -0.132. The third-order valence-electron chi connectivity index (χ3n) is 5.23. The maximum Gasteiger partial charge on any atom is 0.252 e. The summed E-state index contributed by atoms with van der Waals surface area (Å²) >= 11 is 7.54. The van der Waals surface area contributed by atoms with Gasteiger partial charge in [0, 0.05) is 35.7 Å². The average molecular weight is 464 g/mol. The van der Waals surface area contributed by atoms with Gasteiger partial charge in [-0.3, -0.25) is 4.79 Å². The molecule has 0 saturated carbocycles. The Morgan fingerprint density at radius 3 is 2.53 bits per heavy atom. The van der Waals surface area contributed by atoms with Crippen LogP contribution in [-0.2, 0) is 21.1 Å². The zero-order valence-electron chi connectivity index (χ0n) is 16.7. The van der Waals surface area contributed by atoms with Gasteiger partial charge in [0.1, 0.15) is 0 Å². The minimum atomic E-state index is -3.10. The van der Waals surface area contributed by atoms with Crippen LogP contribution in [0.3, 0.4) is 0 Å². The Kier molecular flexibility index (Phi) is 5.83. The summed E-state index contributed by atoms with van der Waals surface area (Å²) in [4.78, 5) is 20.9. The standard InChI is InChI=1S/C21H22ClN3O3S2/c1-24(2)15-7-9-16(10-8-15)25-18-12-30(27,28)13-19(18)29-21(25)23-20(26)11-14-5-3-4-6-17(14)22/h3-10,18-19H,11-13H2,1-2H3/t18-,19+/m0/s1. The minimum absolute atomic E-state index is 0.0673. The van der Waals surface area contributed by atoms with Gasteiger partial charge in [-0.2, -0.15) is 4.99 Å². The third kappa shape index (κ3) is 4.36. The second kappa shape index (κ2) is 8.24. The van der Waals surface area contributed by atoms with E-state index in [0.29, 0.717) is 10.2 Å². The molecule has 0 N–H and O–H groups in total. The van der Waals surface area contributed by atoms with Gasteiger partial charge in [-0.25, -0.2) is 8.42 Å². The highest BCUT2D eigenvalue weighted by molar-refractivity contribution is 8.16. The fraction of sp³-hybridized carbons (Fsp3) is 0.333. The normalized spacial score (nSPS) is 23.6. The van der Waals surface area contributed by atoms with E-state index in [1.54, 1.807) is 12.1 Å². The van der Waals surface area contributed by atoms with Gasteiger partial charge in [-0.15, -0.1) is 0 Å². The maximum absolute atomic E-state index is 12.7. The fourth-order valence-corrected chi connectivity index (χ4v) is 7.86. The molecule has 2 saturated heterocycles. The molecule has 2 fully saturated rings. The van der Waals surface area contributed by atoms with Crippen LogP contribution >= 0.6 is 23.4 Å². The van der Waals surface area contributed by atoms with E-state index in [1.807, 2.05) is 60.3 Å². The van der Waals surface area contributed by atoms with Crippen molar-refractivity contribution in [3.63, 3.8) is 0 Å². The number of sulfone groups is 1. The maximum atomic E-state index is 12.7. The number of hydrogen-bond acceptors (Lipinski definition) is 5. The first kappa shape index (κ1) is 21.2. The topological polar surface area (TPSA) is 70.0 Å². The summed E-state index contributed by atoms with van der Waals surface area (Å²) in [5.41, 5.74) is 2.60. The van der Waals surface area contributed by atoms with Gasteiger partial charge >= 0.3 is 0 Å². The highest BCUT2D eigenvalue weighted by Gasteiger charge is 2.49. The van der Waals surface area contributed by atoms with Crippen LogP contribution in [0.4, 0.5) is 11.4 Å². The van der Waals surface area contributed by atoms with Crippen LogP contribution in [0.5, 0.6) is 0 Å². The number of thioether (sulfide) groups is 1. The van der Waals surface area contributed by atoms with Crippen LogP contribution in [0.15, 0.2) is 53.5 Å². The van der Waals surface area contributed by atoms with E-state index in [2.05, 4.69) is 4.99 Å². The molecular formula is C21H22ClN3O3S2. The quantitative estimate of drug-likeness (QED) is 0.693. The number of amidine groups is 1. The molecule has 0 spiro atoms. The van der Waals surface area contributed by atoms with Crippen LogP contribution in [0.1, 0.15) is 5.56 Å². The molecule has 1 amide bonds. The number of amides is 1. The van der Waals surface area contributed by atoms with Crippen molar-refractivity contribution >= 4 is 55.6 Å². The molecular weight excluding hydrogens is 442 g/mol. The Morgan fingerprint density at radius 1 is 1.17 bits per heavy atom. The molecule has 2 heterocycles. The molecule has 0 aliphatic carbocycles. The molecule has 2 atom stereocenters. The molecule has 6 nitrogen and oxygen atoms in total. The van der Waals surface area contributed by atoms with Crippen molar-refractivity contribution in [3.8, 4) is 0 Å². The Bertz CT molecular complexity index is 1100. The van der Waals surface area contributed by atoms with E-state index in [1.165, 1.54) is 11.8 Å².